The molecule has 4 aromatic rings. The van der Waals surface area contributed by atoms with E-state index in [9.17, 15) is 14.9 Å². The highest BCUT2D eigenvalue weighted by Crippen LogP contribution is 2.31. The Kier molecular flexibility index (Phi) is 8.60. The van der Waals surface area contributed by atoms with Crippen LogP contribution in [0.25, 0.3) is 16.8 Å². The molecule has 0 heterocycles. The minimum atomic E-state index is -0.577. The van der Waals surface area contributed by atoms with Gasteiger partial charge in [0.05, 0.1) is 19.3 Å². The number of methoxy groups -OCH3 is 1. The van der Waals surface area contributed by atoms with E-state index in [1.54, 1.807) is 49.4 Å². The smallest absolute Gasteiger partial charge is 0.338 e. The zero-order chi connectivity index (χ0) is 27.8. The lowest BCUT2D eigenvalue weighted by atomic mass is 10.0. The summed E-state index contributed by atoms with van der Waals surface area (Å²) in [5.41, 5.74) is 3.55. The Morgan fingerprint density at radius 2 is 1.74 bits per heavy atom. The van der Waals surface area contributed by atoms with Crippen LogP contribution in [0.2, 0.25) is 0 Å². The van der Waals surface area contributed by atoms with Gasteiger partial charge in [-0.3, -0.25) is 4.79 Å². The first-order valence-corrected chi connectivity index (χ1v) is 12.4. The molecule has 196 valence electrons. The summed E-state index contributed by atoms with van der Waals surface area (Å²) in [6, 6.07) is 25.8. The third-order valence-corrected chi connectivity index (χ3v) is 6.16. The van der Waals surface area contributed by atoms with Gasteiger partial charge in [-0.2, -0.15) is 5.26 Å². The molecule has 1 N–H and O–H groups in total. The van der Waals surface area contributed by atoms with E-state index in [0.29, 0.717) is 34.9 Å². The molecule has 0 radical (unpaired) electrons. The molecule has 1 amide bonds. The fraction of sp³-hybridized carbons (Fsp3) is 0.156. The quantitative estimate of drug-likeness (QED) is 0.155. The molecule has 39 heavy (non-hydrogen) atoms. The number of amides is 1. The third kappa shape index (κ3) is 6.43. The van der Waals surface area contributed by atoms with Crippen molar-refractivity contribution in [1.29, 1.82) is 5.26 Å². The lowest BCUT2D eigenvalue weighted by molar-refractivity contribution is -0.112. The van der Waals surface area contributed by atoms with Crippen molar-refractivity contribution in [3.8, 4) is 17.6 Å². The molecule has 0 aliphatic rings. The second-order valence-electron chi connectivity index (χ2n) is 8.70. The third-order valence-electron chi connectivity index (χ3n) is 6.16. The molecule has 0 fully saturated rings. The number of nitrogens with one attached hydrogen (secondary N) is 1. The number of benzene rings is 4. The van der Waals surface area contributed by atoms with Gasteiger partial charge in [0.2, 0.25) is 0 Å². The molecule has 0 saturated carbocycles. The van der Waals surface area contributed by atoms with Crippen LogP contribution in [-0.4, -0.2) is 25.6 Å². The Morgan fingerprint density at radius 1 is 0.974 bits per heavy atom. The number of aryl methyl sites for hydroxylation is 1. The average molecular weight is 521 g/mol. The maximum absolute atomic E-state index is 12.7. The van der Waals surface area contributed by atoms with Crippen molar-refractivity contribution < 1.29 is 23.8 Å². The van der Waals surface area contributed by atoms with Crippen LogP contribution in [0.3, 0.4) is 0 Å². The summed E-state index contributed by atoms with van der Waals surface area (Å²) in [5, 5.41) is 14.6. The van der Waals surface area contributed by atoms with Gasteiger partial charge in [0, 0.05) is 11.3 Å². The van der Waals surface area contributed by atoms with E-state index in [-0.39, 0.29) is 12.2 Å². The maximum Gasteiger partial charge on any atom is 0.338 e. The zero-order valence-corrected chi connectivity index (χ0v) is 22.0. The number of fused-ring (bicyclic) bond motifs is 1. The van der Waals surface area contributed by atoms with E-state index in [1.807, 2.05) is 18.2 Å². The Morgan fingerprint density at radius 3 is 2.46 bits per heavy atom. The number of esters is 1. The van der Waals surface area contributed by atoms with Crippen molar-refractivity contribution in [2.24, 2.45) is 0 Å². The van der Waals surface area contributed by atoms with Crippen molar-refractivity contribution in [1.82, 2.24) is 0 Å². The fourth-order valence-corrected chi connectivity index (χ4v) is 4.10. The molecule has 0 aliphatic heterocycles. The van der Waals surface area contributed by atoms with E-state index in [1.165, 1.54) is 13.2 Å². The second kappa shape index (κ2) is 12.4. The van der Waals surface area contributed by atoms with Crippen molar-refractivity contribution in [2.45, 2.75) is 20.5 Å². The van der Waals surface area contributed by atoms with Crippen LogP contribution in [0, 0.1) is 18.3 Å². The summed E-state index contributed by atoms with van der Waals surface area (Å²) in [5.74, 6) is 0.00856. The minimum Gasteiger partial charge on any atom is -0.493 e. The number of ether oxygens (including phenoxy) is 3. The predicted octanol–water partition coefficient (Wildman–Crippen LogP) is 6.46. The van der Waals surface area contributed by atoms with E-state index < -0.39 is 11.9 Å². The van der Waals surface area contributed by atoms with Crippen molar-refractivity contribution in [3.05, 3.63) is 107 Å². The van der Waals surface area contributed by atoms with E-state index in [0.717, 1.165) is 21.9 Å². The Hall–Kier alpha value is -5.09. The van der Waals surface area contributed by atoms with Gasteiger partial charge in [0.15, 0.2) is 11.5 Å². The molecule has 0 aliphatic carbocycles. The number of anilines is 1. The van der Waals surface area contributed by atoms with Crippen LogP contribution in [-0.2, 0) is 16.1 Å². The molecule has 4 rings (SSSR count). The van der Waals surface area contributed by atoms with Gasteiger partial charge in [-0.25, -0.2) is 4.79 Å². The molecule has 0 atom stereocenters. The second-order valence-corrected chi connectivity index (χ2v) is 8.70. The van der Waals surface area contributed by atoms with Crippen molar-refractivity contribution >= 4 is 34.4 Å². The summed E-state index contributed by atoms with van der Waals surface area (Å²) in [6.07, 6.45) is 1.48. The van der Waals surface area contributed by atoms with Crippen molar-refractivity contribution in [2.75, 3.05) is 19.0 Å². The van der Waals surface area contributed by atoms with Gasteiger partial charge < -0.3 is 19.5 Å². The first-order chi connectivity index (χ1) is 18.9. The number of nitriles is 1. The molecule has 0 unspecified atom stereocenters. The van der Waals surface area contributed by atoms with Crippen molar-refractivity contribution in [3.63, 3.8) is 0 Å². The Labute approximate surface area is 227 Å². The predicted molar refractivity (Wildman–Crippen MR) is 151 cm³/mol. The van der Waals surface area contributed by atoms with E-state index in [2.05, 4.69) is 36.5 Å². The molecule has 4 aromatic carbocycles. The number of nitrogens with zero attached hydrogens (tertiary/aromatic N) is 1. The van der Waals surface area contributed by atoms with E-state index in [4.69, 9.17) is 14.2 Å². The first-order valence-electron chi connectivity index (χ1n) is 12.4. The van der Waals surface area contributed by atoms with Gasteiger partial charge in [-0.15, -0.1) is 0 Å². The molecule has 0 spiro atoms. The van der Waals surface area contributed by atoms with Gasteiger partial charge >= 0.3 is 5.97 Å². The largest absolute Gasteiger partial charge is 0.493 e. The van der Waals surface area contributed by atoms with Crippen LogP contribution in [0.15, 0.2) is 84.4 Å². The SMILES string of the molecule is CCOC(=O)c1ccc(NC(=O)/C(C#N)=C/c2ccc(OCc3c(C)ccc4ccccc34)c(OC)c2)cc1. The lowest BCUT2D eigenvalue weighted by Gasteiger charge is -2.14. The van der Waals surface area contributed by atoms with Crippen LogP contribution >= 0.6 is 0 Å². The highest BCUT2D eigenvalue weighted by atomic mass is 16.5. The Balaban J connectivity index is 1.49. The zero-order valence-electron chi connectivity index (χ0n) is 22.0. The van der Waals surface area contributed by atoms with Gasteiger partial charge in [0.25, 0.3) is 5.91 Å². The lowest BCUT2D eigenvalue weighted by Crippen LogP contribution is -2.13. The summed E-state index contributed by atoms with van der Waals surface area (Å²) in [4.78, 5) is 24.6. The van der Waals surface area contributed by atoms with Crippen LogP contribution < -0.4 is 14.8 Å². The number of carbonyl (C=O) groups is 2. The van der Waals surface area contributed by atoms with Gasteiger partial charge in [0.1, 0.15) is 18.2 Å². The highest BCUT2D eigenvalue weighted by Gasteiger charge is 2.13. The minimum absolute atomic E-state index is 0.0911. The molecule has 0 bridgehead atoms. The summed E-state index contributed by atoms with van der Waals surface area (Å²) < 4.78 is 16.6. The summed E-state index contributed by atoms with van der Waals surface area (Å²) >= 11 is 0. The molecular weight excluding hydrogens is 492 g/mol. The summed E-state index contributed by atoms with van der Waals surface area (Å²) in [6.45, 7) is 4.42. The van der Waals surface area contributed by atoms with Crippen LogP contribution in [0.4, 0.5) is 5.69 Å². The van der Waals surface area contributed by atoms with Crippen LogP contribution in [0.5, 0.6) is 11.5 Å². The standard InChI is InChI=1S/C32H28N2O5/c1-4-38-32(36)24-12-14-26(15-13-24)34-31(35)25(19-33)17-22-10-16-29(30(18-22)37-3)39-20-28-21(2)9-11-23-7-5-6-8-27(23)28/h5-18H,4,20H2,1-3H3,(H,34,35)/b25-17+. The topological polar surface area (TPSA) is 97.7 Å². The number of carbonyl (C=O) groups excluding carboxylic acids is 2. The normalized spacial score (nSPS) is 11.0. The Bertz CT molecular complexity index is 1580. The highest BCUT2D eigenvalue weighted by molar-refractivity contribution is 6.09. The van der Waals surface area contributed by atoms with E-state index >= 15 is 0 Å². The molecule has 0 saturated heterocycles. The van der Waals surface area contributed by atoms with Gasteiger partial charge in [-0.1, -0.05) is 42.5 Å². The summed E-state index contributed by atoms with van der Waals surface area (Å²) in [7, 11) is 1.54. The van der Waals surface area contributed by atoms with Crippen LogP contribution in [0.1, 0.15) is 34.0 Å². The molecular formula is C32H28N2O5. The first kappa shape index (κ1) is 27.0. The average Bonchev–Trinajstić information content (AvgIpc) is 2.96. The number of rotatable bonds is 9. The fourth-order valence-electron chi connectivity index (χ4n) is 4.10. The molecule has 0 aromatic heterocycles. The molecule has 7 heteroatoms. The number of hydrogen-bond acceptors (Lipinski definition) is 6. The monoisotopic (exact) mass is 520 g/mol. The number of hydrogen-bond donors (Lipinski definition) is 1. The van der Waals surface area contributed by atoms with Gasteiger partial charge in [-0.05, 0) is 78.2 Å². The maximum atomic E-state index is 12.7. The molecule has 7 nitrogen and oxygen atoms in total.